The van der Waals surface area contributed by atoms with E-state index in [0.717, 1.165) is 33.5 Å². The monoisotopic (exact) mass is 480 g/mol. The number of aryl methyl sites for hydroxylation is 1. The van der Waals surface area contributed by atoms with Gasteiger partial charge in [0.15, 0.2) is 5.17 Å². The molecule has 1 aliphatic heterocycles. The third kappa shape index (κ3) is 4.30. The average Bonchev–Trinajstić information content (AvgIpc) is 3.34. The molecule has 1 aromatic heterocycles. The molecule has 1 aliphatic rings. The summed E-state index contributed by atoms with van der Waals surface area (Å²) in [5.41, 5.74) is 3.06. The Balaban J connectivity index is 1.62. The van der Waals surface area contributed by atoms with Crippen LogP contribution in [-0.2, 0) is 11.2 Å². The van der Waals surface area contributed by atoms with E-state index in [4.69, 9.17) is 9.41 Å². The third-order valence-electron chi connectivity index (χ3n) is 4.82. The van der Waals surface area contributed by atoms with Gasteiger partial charge in [-0.15, -0.1) is 0 Å². The van der Waals surface area contributed by atoms with Crippen LogP contribution in [0.3, 0.4) is 0 Å². The van der Waals surface area contributed by atoms with Gasteiger partial charge in [0, 0.05) is 22.7 Å². The second-order valence-electron chi connectivity index (χ2n) is 6.75. The van der Waals surface area contributed by atoms with E-state index < -0.39 is 0 Å². The summed E-state index contributed by atoms with van der Waals surface area (Å²) < 4.78 is 6.98. The van der Waals surface area contributed by atoms with Gasteiger partial charge < -0.3 is 4.42 Å². The number of hydrogen-bond acceptors (Lipinski definition) is 4. The average molecular weight is 481 g/mol. The molecule has 2 aromatic carbocycles. The summed E-state index contributed by atoms with van der Waals surface area (Å²) in [6.45, 7) is 4.63. The van der Waals surface area contributed by atoms with E-state index in [1.807, 2.05) is 61.5 Å². The fourth-order valence-electron chi connectivity index (χ4n) is 3.22. The number of aliphatic imine (C=N–C) groups is 1. The molecular formula is C24H21BrN2O2S. The van der Waals surface area contributed by atoms with Crippen LogP contribution >= 0.6 is 27.7 Å². The molecular weight excluding hydrogens is 460 g/mol. The molecule has 0 radical (unpaired) electrons. The van der Waals surface area contributed by atoms with Gasteiger partial charge in [-0.3, -0.25) is 9.69 Å². The van der Waals surface area contributed by atoms with Gasteiger partial charge in [0.25, 0.3) is 5.91 Å². The summed E-state index contributed by atoms with van der Waals surface area (Å²) in [4.78, 5) is 20.0. The van der Waals surface area contributed by atoms with Crippen molar-refractivity contribution in [1.82, 2.24) is 4.90 Å². The van der Waals surface area contributed by atoms with Crippen LogP contribution in [0.15, 0.2) is 79.5 Å². The maximum absolute atomic E-state index is 12.9. The molecule has 0 aliphatic carbocycles. The molecule has 1 fully saturated rings. The number of carbonyl (C=O) groups excluding carboxylic acids is 1. The van der Waals surface area contributed by atoms with Crippen LogP contribution in [0, 0.1) is 0 Å². The van der Waals surface area contributed by atoms with E-state index in [-0.39, 0.29) is 5.91 Å². The first-order valence-electron chi connectivity index (χ1n) is 9.82. The normalized spacial score (nSPS) is 16.8. The number of benzene rings is 2. The van der Waals surface area contributed by atoms with Gasteiger partial charge in [-0.25, -0.2) is 4.99 Å². The van der Waals surface area contributed by atoms with Crippen LogP contribution in [-0.4, -0.2) is 22.5 Å². The zero-order chi connectivity index (χ0) is 21.1. The second-order valence-corrected chi connectivity index (χ2v) is 8.67. The number of nitrogens with zero attached hydrogens (tertiary/aromatic N) is 2. The Hall–Kier alpha value is -2.57. The second kappa shape index (κ2) is 9.06. The highest BCUT2D eigenvalue weighted by Gasteiger charge is 2.32. The first-order valence-corrected chi connectivity index (χ1v) is 11.4. The Labute approximate surface area is 188 Å². The highest BCUT2D eigenvalue weighted by atomic mass is 79.9. The van der Waals surface area contributed by atoms with Crippen LogP contribution < -0.4 is 0 Å². The van der Waals surface area contributed by atoms with Crippen LogP contribution in [0.4, 0.5) is 5.69 Å². The van der Waals surface area contributed by atoms with Gasteiger partial charge in [0.05, 0.1) is 10.6 Å². The molecule has 1 amide bonds. The predicted octanol–water partition coefficient (Wildman–Crippen LogP) is 6.90. The highest BCUT2D eigenvalue weighted by molar-refractivity contribution is 9.10. The van der Waals surface area contributed by atoms with Crippen LogP contribution in [0.25, 0.3) is 17.4 Å². The number of likely N-dealkylation sites (N-methyl/N-ethyl adjacent to an activating group) is 1. The van der Waals surface area contributed by atoms with E-state index in [1.165, 1.54) is 11.8 Å². The molecule has 152 valence electrons. The topological polar surface area (TPSA) is 45.8 Å². The van der Waals surface area contributed by atoms with E-state index in [1.54, 1.807) is 11.0 Å². The van der Waals surface area contributed by atoms with E-state index in [9.17, 15) is 4.79 Å². The number of amidine groups is 1. The lowest BCUT2D eigenvalue weighted by Crippen LogP contribution is -2.28. The van der Waals surface area contributed by atoms with Gasteiger partial charge in [-0.2, -0.15) is 0 Å². The highest BCUT2D eigenvalue weighted by Crippen LogP contribution is 2.35. The molecule has 0 unspecified atom stereocenters. The summed E-state index contributed by atoms with van der Waals surface area (Å²) in [5, 5.41) is 0.703. The molecule has 6 heteroatoms. The molecule has 0 atom stereocenters. The number of thioether (sulfide) groups is 1. The van der Waals surface area contributed by atoms with Gasteiger partial charge in [-0.1, -0.05) is 53.2 Å². The Morgan fingerprint density at radius 1 is 1.07 bits per heavy atom. The molecule has 4 rings (SSSR count). The van der Waals surface area contributed by atoms with E-state index >= 15 is 0 Å². The van der Waals surface area contributed by atoms with Crippen molar-refractivity contribution in [3.63, 3.8) is 0 Å². The quantitative estimate of drug-likeness (QED) is 0.373. The van der Waals surface area contributed by atoms with Crippen LogP contribution in [0.1, 0.15) is 25.2 Å². The Kier molecular flexibility index (Phi) is 6.25. The standard InChI is InChI=1S/C24H21BrN2O2S/c1-3-16-7-5-6-8-20(16)26-24-27(4-2)23(28)22(30-24)15-19-13-14-21(29-19)17-9-11-18(25)12-10-17/h5-15H,3-4H2,1-2H3/b22-15+,26-24?. The minimum atomic E-state index is -0.0446. The molecule has 30 heavy (non-hydrogen) atoms. The Bertz CT molecular complexity index is 1130. The number of halogens is 1. The maximum atomic E-state index is 12.9. The molecule has 0 saturated carbocycles. The lowest BCUT2D eigenvalue weighted by atomic mass is 10.1. The number of hydrogen-bond donors (Lipinski definition) is 0. The number of furan rings is 1. The first-order chi connectivity index (χ1) is 14.6. The van der Waals surface area contributed by atoms with Crippen molar-refractivity contribution in [3.8, 4) is 11.3 Å². The lowest BCUT2D eigenvalue weighted by molar-refractivity contribution is -0.122. The van der Waals surface area contributed by atoms with Gasteiger partial charge in [-0.05, 0) is 61.0 Å². The zero-order valence-corrected chi connectivity index (χ0v) is 19.2. The summed E-state index contributed by atoms with van der Waals surface area (Å²) in [5.74, 6) is 1.37. The largest absolute Gasteiger partial charge is 0.457 e. The van der Waals surface area contributed by atoms with E-state index in [2.05, 4.69) is 28.9 Å². The van der Waals surface area contributed by atoms with Crippen molar-refractivity contribution in [2.24, 2.45) is 4.99 Å². The van der Waals surface area contributed by atoms with Crippen molar-refractivity contribution >= 4 is 50.5 Å². The molecule has 0 N–H and O–H groups in total. The smallest absolute Gasteiger partial charge is 0.266 e. The van der Waals surface area contributed by atoms with Crippen molar-refractivity contribution in [3.05, 3.63) is 81.4 Å². The minimum Gasteiger partial charge on any atom is -0.457 e. The molecule has 4 nitrogen and oxygen atoms in total. The zero-order valence-electron chi connectivity index (χ0n) is 16.8. The minimum absolute atomic E-state index is 0.0446. The molecule has 1 saturated heterocycles. The number of para-hydroxylation sites is 1. The maximum Gasteiger partial charge on any atom is 0.266 e. The van der Waals surface area contributed by atoms with Crippen molar-refractivity contribution in [2.45, 2.75) is 20.3 Å². The number of carbonyl (C=O) groups is 1. The van der Waals surface area contributed by atoms with Gasteiger partial charge in [0.2, 0.25) is 0 Å². The van der Waals surface area contributed by atoms with Crippen molar-refractivity contribution in [2.75, 3.05) is 6.54 Å². The van der Waals surface area contributed by atoms with Crippen LogP contribution in [0.5, 0.6) is 0 Å². The SMILES string of the molecule is CCc1ccccc1N=C1S/C(=C/c2ccc(-c3ccc(Br)cc3)o2)C(=O)N1CC. The lowest BCUT2D eigenvalue weighted by Gasteiger charge is -2.12. The fraction of sp³-hybridized carbons (Fsp3) is 0.167. The molecule has 0 spiro atoms. The fourth-order valence-corrected chi connectivity index (χ4v) is 4.52. The summed E-state index contributed by atoms with van der Waals surface area (Å²) in [7, 11) is 0. The van der Waals surface area contributed by atoms with E-state index in [0.29, 0.717) is 22.4 Å². The summed E-state index contributed by atoms with van der Waals surface area (Å²) in [6, 6.07) is 19.8. The molecule has 0 bridgehead atoms. The molecule has 2 heterocycles. The Morgan fingerprint density at radius 2 is 1.83 bits per heavy atom. The summed E-state index contributed by atoms with van der Waals surface area (Å²) in [6.07, 6.45) is 2.69. The third-order valence-corrected chi connectivity index (χ3v) is 6.36. The number of rotatable bonds is 5. The van der Waals surface area contributed by atoms with Gasteiger partial charge in [0.1, 0.15) is 11.5 Å². The van der Waals surface area contributed by atoms with Crippen LogP contribution in [0.2, 0.25) is 0 Å². The molecule has 3 aromatic rings. The van der Waals surface area contributed by atoms with Crippen molar-refractivity contribution < 1.29 is 9.21 Å². The van der Waals surface area contributed by atoms with Gasteiger partial charge >= 0.3 is 0 Å². The summed E-state index contributed by atoms with van der Waals surface area (Å²) >= 11 is 4.83. The predicted molar refractivity (Wildman–Crippen MR) is 128 cm³/mol. The first kappa shape index (κ1) is 20.7. The Morgan fingerprint density at radius 3 is 2.57 bits per heavy atom. The number of amides is 1. The van der Waals surface area contributed by atoms with Crippen molar-refractivity contribution in [1.29, 1.82) is 0 Å².